The second kappa shape index (κ2) is 5.76. The average Bonchev–Trinajstić information content (AvgIpc) is 2.40. The lowest BCUT2D eigenvalue weighted by Gasteiger charge is -2.11. The molecule has 0 heterocycles. The fraction of sp³-hybridized carbons (Fsp3) is 0.143. The van der Waals surface area contributed by atoms with Gasteiger partial charge in [0.15, 0.2) is 0 Å². The smallest absolute Gasteiger partial charge is 0.267 e. The zero-order chi connectivity index (χ0) is 14.0. The summed E-state index contributed by atoms with van der Waals surface area (Å²) in [4.78, 5) is 0. The van der Waals surface area contributed by atoms with E-state index in [-0.39, 0.29) is 11.3 Å². The van der Waals surface area contributed by atoms with E-state index in [1.165, 1.54) is 19.2 Å². The van der Waals surface area contributed by atoms with Gasteiger partial charge in [-0.25, -0.2) is 8.78 Å². The van der Waals surface area contributed by atoms with Crippen LogP contribution in [0, 0.1) is 0 Å². The molecular weight excluding hydrogens is 293 g/mol. The highest BCUT2D eigenvalue weighted by Crippen LogP contribution is 2.36. The van der Waals surface area contributed by atoms with Crippen LogP contribution < -0.4 is 4.74 Å². The first-order valence-electron chi connectivity index (χ1n) is 5.44. The minimum atomic E-state index is -2.62. The van der Waals surface area contributed by atoms with E-state index in [2.05, 4.69) is 0 Å². The van der Waals surface area contributed by atoms with Gasteiger partial charge in [0.25, 0.3) is 6.43 Å². The van der Waals surface area contributed by atoms with Crippen LogP contribution >= 0.6 is 23.2 Å². The van der Waals surface area contributed by atoms with Crippen molar-refractivity contribution in [3.8, 4) is 16.9 Å². The molecule has 19 heavy (non-hydrogen) atoms. The summed E-state index contributed by atoms with van der Waals surface area (Å²) in [6.45, 7) is 0. The monoisotopic (exact) mass is 302 g/mol. The van der Waals surface area contributed by atoms with Crippen LogP contribution in [-0.4, -0.2) is 7.11 Å². The average molecular weight is 303 g/mol. The summed E-state index contributed by atoms with van der Waals surface area (Å²) in [5.74, 6) is 0.150. The zero-order valence-corrected chi connectivity index (χ0v) is 11.5. The van der Waals surface area contributed by atoms with E-state index in [0.717, 1.165) is 0 Å². The summed E-state index contributed by atoms with van der Waals surface area (Å²) in [6, 6.07) is 9.44. The van der Waals surface area contributed by atoms with Crippen LogP contribution in [0.1, 0.15) is 12.0 Å². The number of hydrogen-bond donors (Lipinski definition) is 0. The van der Waals surface area contributed by atoms with Crippen molar-refractivity contribution in [2.45, 2.75) is 6.43 Å². The molecule has 0 saturated heterocycles. The van der Waals surface area contributed by atoms with Gasteiger partial charge in [-0.1, -0.05) is 29.3 Å². The Bertz CT molecular complexity index is 600. The Labute approximate surface area is 119 Å². The van der Waals surface area contributed by atoms with Crippen LogP contribution in [0.25, 0.3) is 11.1 Å². The minimum Gasteiger partial charge on any atom is -0.496 e. The molecule has 0 aliphatic carbocycles. The second-order valence-corrected chi connectivity index (χ2v) is 4.73. The molecule has 0 saturated carbocycles. The predicted octanol–water partition coefficient (Wildman–Crippen LogP) is 5.61. The van der Waals surface area contributed by atoms with Gasteiger partial charge in [-0.15, -0.1) is 0 Å². The molecule has 0 amide bonds. The van der Waals surface area contributed by atoms with Crippen molar-refractivity contribution in [1.82, 2.24) is 0 Å². The van der Waals surface area contributed by atoms with E-state index in [4.69, 9.17) is 27.9 Å². The quantitative estimate of drug-likeness (QED) is 0.716. The van der Waals surface area contributed by atoms with Gasteiger partial charge in [-0.3, -0.25) is 0 Å². The summed E-state index contributed by atoms with van der Waals surface area (Å²) in [7, 11) is 1.35. The molecule has 0 N–H and O–H groups in total. The Morgan fingerprint density at radius 1 is 1.05 bits per heavy atom. The summed E-state index contributed by atoms with van der Waals surface area (Å²) >= 11 is 12.0. The van der Waals surface area contributed by atoms with Crippen LogP contribution in [0.5, 0.6) is 5.75 Å². The first-order valence-corrected chi connectivity index (χ1v) is 6.20. The zero-order valence-electron chi connectivity index (χ0n) is 9.96. The SMILES string of the molecule is COc1ccc(-c2cc(Cl)ccc2Cl)cc1C(F)F. The van der Waals surface area contributed by atoms with E-state index in [9.17, 15) is 8.78 Å². The van der Waals surface area contributed by atoms with Crippen molar-refractivity contribution in [2.75, 3.05) is 7.11 Å². The third-order valence-electron chi connectivity index (χ3n) is 2.70. The van der Waals surface area contributed by atoms with Gasteiger partial charge in [0.2, 0.25) is 0 Å². The molecule has 0 atom stereocenters. The third kappa shape index (κ3) is 2.99. The fourth-order valence-corrected chi connectivity index (χ4v) is 2.19. The van der Waals surface area contributed by atoms with Gasteiger partial charge in [0.05, 0.1) is 12.7 Å². The van der Waals surface area contributed by atoms with Gasteiger partial charge >= 0.3 is 0 Å². The van der Waals surface area contributed by atoms with Gasteiger partial charge in [-0.2, -0.15) is 0 Å². The largest absolute Gasteiger partial charge is 0.496 e. The van der Waals surface area contributed by atoms with Crippen LogP contribution in [0.4, 0.5) is 8.78 Å². The molecule has 2 rings (SSSR count). The molecule has 1 nitrogen and oxygen atoms in total. The number of alkyl halides is 2. The highest BCUT2D eigenvalue weighted by atomic mass is 35.5. The molecule has 2 aromatic carbocycles. The van der Waals surface area contributed by atoms with Gasteiger partial charge < -0.3 is 4.74 Å². The van der Waals surface area contributed by atoms with E-state index >= 15 is 0 Å². The second-order valence-electron chi connectivity index (χ2n) is 3.88. The van der Waals surface area contributed by atoms with Crippen molar-refractivity contribution in [3.63, 3.8) is 0 Å². The normalized spacial score (nSPS) is 10.8. The predicted molar refractivity (Wildman–Crippen MR) is 73.4 cm³/mol. The first-order chi connectivity index (χ1) is 9.02. The van der Waals surface area contributed by atoms with Crippen molar-refractivity contribution in [2.24, 2.45) is 0 Å². The maximum atomic E-state index is 13.0. The van der Waals surface area contributed by atoms with Crippen LogP contribution in [0.15, 0.2) is 36.4 Å². The van der Waals surface area contributed by atoms with E-state index < -0.39 is 6.43 Å². The van der Waals surface area contributed by atoms with Crippen LogP contribution in [0.2, 0.25) is 10.0 Å². The number of methoxy groups -OCH3 is 1. The van der Waals surface area contributed by atoms with Crippen molar-refractivity contribution < 1.29 is 13.5 Å². The molecule has 0 aliphatic heterocycles. The molecule has 0 radical (unpaired) electrons. The standard InChI is InChI=1S/C14H10Cl2F2O/c1-19-13-5-2-8(6-11(13)14(17)18)10-7-9(15)3-4-12(10)16/h2-7,14H,1H3. The lowest BCUT2D eigenvalue weighted by Crippen LogP contribution is -1.93. The fourth-order valence-electron chi connectivity index (χ4n) is 1.79. The first kappa shape index (κ1) is 14.1. The summed E-state index contributed by atoms with van der Waals surface area (Å²) in [5.41, 5.74) is 1.01. The van der Waals surface area contributed by atoms with Crippen LogP contribution in [-0.2, 0) is 0 Å². The lowest BCUT2D eigenvalue weighted by molar-refractivity contribution is 0.147. The van der Waals surface area contributed by atoms with E-state index in [1.54, 1.807) is 24.3 Å². The molecule has 5 heteroatoms. The molecular formula is C14H10Cl2F2O. The Morgan fingerprint density at radius 2 is 1.79 bits per heavy atom. The molecule has 0 fully saturated rings. The number of benzene rings is 2. The molecule has 0 aromatic heterocycles. The highest BCUT2D eigenvalue weighted by molar-refractivity contribution is 6.35. The molecule has 100 valence electrons. The van der Waals surface area contributed by atoms with Crippen molar-refractivity contribution in [3.05, 3.63) is 52.0 Å². The highest BCUT2D eigenvalue weighted by Gasteiger charge is 2.16. The third-order valence-corrected chi connectivity index (χ3v) is 3.27. The van der Waals surface area contributed by atoms with Gasteiger partial charge in [-0.05, 0) is 35.9 Å². The minimum absolute atomic E-state index is 0.150. The summed E-state index contributed by atoms with van der Waals surface area (Å²) in [5, 5.41) is 0.948. The van der Waals surface area contributed by atoms with Gasteiger partial charge in [0, 0.05) is 15.6 Å². The van der Waals surface area contributed by atoms with E-state index in [0.29, 0.717) is 21.2 Å². The summed E-state index contributed by atoms with van der Waals surface area (Å²) in [6.07, 6.45) is -2.62. The molecule has 0 spiro atoms. The lowest BCUT2D eigenvalue weighted by atomic mass is 10.0. The Balaban J connectivity index is 2.57. The van der Waals surface area contributed by atoms with Crippen LogP contribution in [0.3, 0.4) is 0 Å². The maximum absolute atomic E-state index is 13.0. The maximum Gasteiger partial charge on any atom is 0.267 e. The molecule has 0 unspecified atom stereocenters. The number of halogens is 4. The molecule has 0 bridgehead atoms. The Hall–Kier alpha value is -1.32. The number of rotatable bonds is 3. The van der Waals surface area contributed by atoms with Crippen molar-refractivity contribution >= 4 is 23.2 Å². The van der Waals surface area contributed by atoms with Crippen molar-refractivity contribution in [1.29, 1.82) is 0 Å². The topological polar surface area (TPSA) is 9.23 Å². The summed E-state index contributed by atoms with van der Waals surface area (Å²) < 4.78 is 30.8. The van der Waals surface area contributed by atoms with E-state index in [1.807, 2.05) is 0 Å². The Morgan fingerprint density at radius 3 is 2.42 bits per heavy atom. The Kier molecular flexibility index (Phi) is 4.27. The molecule has 0 aliphatic rings. The van der Waals surface area contributed by atoms with Gasteiger partial charge in [0.1, 0.15) is 5.75 Å². The number of hydrogen-bond acceptors (Lipinski definition) is 1. The number of ether oxygens (including phenoxy) is 1. The molecule has 2 aromatic rings.